The van der Waals surface area contributed by atoms with Gasteiger partial charge in [0.15, 0.2) is 0 Å². The summed E-state index contributed by atoms with van der Waals surface area (Å²) in [5.74, 6) is 2.63. The SMILES string of the molecule is C#CC1(O)C[C@@H](c2ccccc2)N(C)[C@H](c2ccccc2)C1. The third-order valence-corrected chi connectivity index (χ3v) is 4.68. The molecule has 2 nitrogen and oxygen atoms in total. The zero-order valence-electron chi connectivity index (χ0n) is 12.8. The fourth-order valence-corrected chi connectivity index (χ4v) is 3.40. The van der Waals surface area contributed by atoms with Crippen LogP contribution in [0.25, 0.3) is 0 Å². The lowest BCUT2D eigenvalue weighted by Gasteiger charge is -2.46. The maximum atomic E-state index is 10.8. The minimum Gasteiger partial charge on any atom is -0.377 e. The van der Waals surface area contributed by atoms with E-state index in [2.05, 4.69) is 42.1 Å². The molecule has 2 aromatic rings. The Bertz CT molecular complexity index is 610. The summed E-state index contributed by atoms with van der Waals surface area (Å²) in [6, 6.07) is 20.8. The molecule has 3 rings (SSSR count). The molecule has 22 heavy (non-hydrogen) atoms. The Morgan fingerprint density at radius 1 is 0.955 bits per heavy atom. The monoisotopic (exact) mass is 291 g/mol. The molecule has 1 heterocycles. The predicted octanol–water partition coefficient (Wildman–Crippen LogP) is 3.56. The van der Waals surface area contributed by atoms with E-state index in [9.17, 15) is 5.11 Å². The lowest BCUT2D eigenvalue weighted by atomic mass is 9.78. The van der Waals surface area contributed by atoms with Crippen molar-refractivity contribution in [2.24, 2.45) is 0 Å². The van der Waals surface area contributed by atoms with Crippen molar-refractivity contribution in [3.8, 4) is 12.3 Å². The van der Waals surface area contributed by atoms with E-state index in [4.69, 9.17) is 6.42 Å². The molecule has 2 heteroatoms. The van der Waals surface area contributed by atoms with Gasteiger partial charge in [-0.1, -0.05) is 66.6 Å². The Hall–Kier alpha value is -2.08. The maximum Gasteiger partial charge on any atom is 0.128 e. The van der Waals surface area contributed by atoms with Crippen LogP contribution < -0.4 is 0 Å². The Labute approximate surface area is 132 Å². The molecule has 1 saturated heterocycles. The summed E-state index contributed by atoms with van der Waals surface area (Å²) in [6.07, 6.45) is 6.77. The van der Waals surface area contributed by atoms with E-state index in [-0.39, 0.29) is 12.1 Å². The zero-order valence-corrected chi connectivity index (χ0v) is 12.8. The molecule has 0 aliphatic carbocycles. The van der Waals surface area contributed by atoms with Crippen LogP contribution in [0.1, 0.15) is 36.1 Å². The standard InChI is InChI=1S/C20H21NO/c1-3-20(22)14-18(16-10-6-4-7-11-16)21(2)19(15-20)17-12-8-5-9-13-17/h1,4-13,18-19,22H,14-15H2,2H3/t18-,19-/m0/s1. The first kappa shape index (κ1) is 14.8. The Morgan fingerprint density at radius 3 is 1.73 bits per heavy atom. The smallest absolute Gasteiger partial charge is 0.128 e. The Kier molecular flexibility index (Phi) is 4.02. The number of hydrogen-bond donors (Lipinski definition) is 1. The van der Waals surface area contributed by atoms with Gasteiger partial charge in [0.05, 0.1) is 0 Å². The first-order valence-corrected chi connectivity index (χ1v) is 7.65. The van der Waals surface area contributed by atoms with Crippen molar-refractivity contribution in [1.29, 1.82) is 0 Å². The molecule has 2 aromatic carbocycles. The van der Waals surface area contributed by atoms with E-state index < -0.39 is 5.60 Å². The molecular formula is C20H21NO. The molecule has 1 aliphatic heterocycles. The molecule has 1 fully saturated rings. The van der Waals surface area contributed by atoms with E-state index in [1.54, 1.807) is 0 Å². The van der Waals surface area contributed by atoms with Crippen molar-refractivity contribution < 1.29 is 5.11 Å². The second-order valence-electron chi connectivity index (χ2n) is 6.10. The van der Waals surface area contributed by atoms with E-state index >= 15 is 0 Å². The number of rotatable bonds is 2. The maximum absolute atomic E-state index is 10.8. The van der Waals surface area contributed by atoms with E-state index in [1.165, 1.54) is 11.1 Å². The second-order valence-corrected chi connectivity index (χ2v) is 6.10. The largest absolute Gasteiger partial charge is 0.377 e. The highest BCUT2D eigenvalue weighted by Gasteiger charge is 2.42. The van der Waals surface area contributed by atoms with Gasteiger partial charge in [-0.25, -0.2) is 0 Å². The second kappa shape index (κ2) is 5.96. The van der Waals surface area contributed by atoms with Crippen LogP contribution in [0.2, 0.25) is 0 Å². The quantitative estimate of drug-likeness (QED) is 0.855. The van der Waals surface area contributed by atoms with Crippen LogP contribution in [0.4, 0.5) is 0 Å². The van der Waals surface area contributed by atoms with Crippen LogP contribution >= 0.6 is 0 Å². The lowest BCUT2D eigenvalue weighted by Crippen LogP contribution is -2.45. The topological polar surface area (TPSA) is 23.5 Å². The summed E-state index contributed by atoms with van der Waals surface area (Å²) < 4.78 is 0. The van der Waals surface area contributed by atoms with Crippen LogP contribution in [-0.2, 0) is 0 Å². The molecule has 0 radical (unpaired) electrons. The van der Waals surface area contributed by atoms with E-state index in [0.717, 1.165) is 0 Å². The average molecular weight is 291 g/mol. The van der Waals surface area contributed by atoms with Gasteiger partial charge >= 0.3 is 0 Å². The number of likely N-dealkylation sites (tertiary alicyclic amines) is 1. The van der Waals surface area contributed by atoms with Crippen molar-refractivity contribution in [3.63, 3.8) is 0 Å². The Morgan fingerprint density at radius 2 is 1.36 bits per heavy atom. The highest BCUT2D eigenvalue weighted by Crippen LogP contribution is 2.44. The van der Waals surface area contributed by atoms with Gasteiger partial charge in [0.1, 0.15) is 5.60 Å². The molecule has 2 atom stereocenters. The summed E-state index contributed by atoms with van der Waals surface area (Å²) in [5, 5.41) is 10.8. The van der Waals surface area contributed by atoms with Crippen LogP contribution in [0.15, 0.2) is 60.7 Å². The van der Waals surface area contributed by atoms with E-state index in [0.29, 0.717) is 12.8 Å². The summed E-state index contributed by atoms with van der Waals surface area (Å²) >= 11 is 0. The fourth-order valence-electron chi connectivity index (χ4n) is 3.40. The minimum atomic E-state index is -1.06. The van der Waals surface area contributed by atoms with Crippen molar-refractivity contribution in [3.05, 3.63) is 71.8 Å². The number of hydrogen-bond acceptors (Lipinski definition) is 2. The normalized spacial score (nSPS) is 29.0. The van der Waals surface area contributed by atoms with Gasteiger partial charge in [0.2, 0.25) is 0 Å². The molecule has 0 aromatic heterocycles. The molecule has 0 spiro atoms. The molecule has 0 bridgehead atoms. The van der Waals surface area contributed by atoms with Crippen molar-refractivity contribution in [2.45, 2.75) is 30.5 Å². The molecular weight excluding hydrogens is 270 g/mol. The highest BCUT2D eigenvalue weighted by atomic mass is 16.3. The van der Waals surface area contributed by atoms with Crippen LogP contribution in [0.5, 0.6) is 0 Å². The minimum absolute atomic E-state index is 0.112. The van der Waals surface area contributed by atoms with Gasteiger partial charge in [-0.2, -0.15) is 0 Å². The molecule has 1 N–H and O–H groups in total. The number of nitrogens with zero attached hydrogens (tertiary/aromatic N) is 1. The third-order valence-electron chi connectivity index (χ3n) is 4.68. The first-order valence-electron chi connectivity index (χ1n) is 7.65. The number of terminal acetylenes is 1. The molecule has 1 aliphatic rings. The van der Waals surface area contributed by atoms with Gasteiger partial charge in [-0.15, -0.1) is 6.42 Å². The van der Waals surface area contributed by atoms with Crippen molar-refractivity contribution in [2.75, 3.05) is 7.05 Å². The average Bonchev–Trinajstić information content (AvgIpc) is 2.58. The molecule has 0 amide bonds. The summed E-state index contributed by atoms with van der Waals surface area (Å²) in [6.45, 7) is 0. The lowest BCUT2D eigenvalue weighted by molar-refractivity contribution is -0.0298. The third kappa shape index (κ3) is 2.78. The van der Waals surface area contributed by atoms with Crippen LogP contribution in [0.3, 0.4) is 0 Å². The molecule has 0 saturated carbocycles. The fraction of sp³-hybridized carbons (Fsp3) is 0.300. The van der Waals surface area contributed by atoms with E-state index in [1.807, 2.05) is 36.4 Å². The summed E-state index contributed by atoms with van der Waals surface area (Å²) in [5.41, 5.74) is 1.33. The molecule has 0 unspecified atom stereocenters. The first-order chi connectivity index (χ1) is 10.6. The molecule has 112 valence electrons. The summed E-state index contributed by atoms with van der Waals surface area (Å²) in [7, 11) is 2.12. The number of benzene rings is 2. The summed E-state index contributed by atoms with van der Waals surface area (Å²) in [4.78, 5) is 2.33. The number of piperidine rings is 1. The van der Waals surface area contributed by atoms with Gasteiger partial charge in [0.25, 0.3) is 0 Å². The predicted molar refractivity (Wildman–Crippen MR) is 89.1 cm³/mol. The van der Waals surface area contributed by atoms with Gasteiger partial charge in [-0.05, 0) is 18.2 Å². The highest BCUT2D eigenvalue weighted by molar-refractivity contribution is 5.28. The van der Waals surface area contributed by atoms with Crippen molar-refractivity contribution >= 4 is 0 Å². The van der Waals surface area contributed by atoms with Gasteiger partial charge in [0, 0.05) is 24.9 Å². The van der Waals surface area contributed by atoms with Crippen LogP contribution in [0, 0.1) is 12.3 Å². The Balaban J connectivity index is 1.99. The van der Waals surface area contributed by atoms with Gasteiger partial charge < -0.3 is 5.11 Å². The van der Waals surface area contributed by atoms with Crippen LogP contribution in [-0.4, -0.2) is 22.7 Å². The zero-order chi connectivity index (χ0) is 15.6. The number of aliphatic hydroxyl groups is 1. The van der Waals surface area contributed by atoms with Crippen molar-refractivity contribution in [1.82, 2.24) is 4.90 Å². The van der Waals surface area contributed by atoms with Gasteiger partial charge in [-0.3, -0.25) is 4.90 Å².